The van der Waals surface area contributed by atoms with Crippen molar-refractivity contribution in [1.29, 1.82) is 0 Å². The molecule has 2 aromatic rings. The van der Waals surface area contributed by atoms with Gasteiger partial charge in [0.25, 0.3) is 5.91 Å². The number of anilines is 1. The monoisotopic (exact) mass is 377 g/mol. The second-order valence-electron chi connectivity index (χ2n) is 5.45. The molecule has 0 radical (unpaired) electrons. The van der Waals surface area contributed by atoms with Crippen LogP contribution in [0.3, 0.4) is 0 Å². The van der Waals surface area contributed by atoms with Crippen LogP contribution in [-0.4, -0.2) is 18.5 Å². The van der Waals surface area contributed by atoms with Gasteiger partial charge in [-0.15, -0.1) is 0 Å². The quantitative estimate of drug-likeness (QED) is 0.600. The van der Waals surface area contributed by atoms with Gasteiger partial charge in [-0.05, 0) is 48.7 Å². The highest BCUT2D eigenvalue weighted by molar-refractivity contribution is 6.34. The molecule has 130 valence electrons. The summed E-state index contributed by atoms with van der Waals surface area (Å²) >= 11 is 12.1. The number of rotatable bonds is 5. The summed E-state index contributed by atoms with van der Waals surface area (Å²) in [6, 6.07) is 10.7. The summed E-state index contributed by atoms with van der Waals surface area (Å²) in [7, 11) is 0. The molecule has 25 heavy (non-hydrogen) atoms. The van der Waals surface area contributed by atoms with E-state index < -0.39 is 18.5 Å². The van der Waals surface area contributed by atoms with Crippen LogP contribution in [0.2, 0.25) is 10.0 Å². The molecule has 0 heterocycles. The number of esters is 1. The van der Waals surface area contributed by atoms with Crippen LogP contribution < -0.4 is 5.32 Å². The highest BCUT2D eigenvalue weighted by Gasteiger charge is 2.11. The predicted octanol–water partition coefficient (Wildman–Crippen LogP) is 4.81. The van der Waals surface area contributed by atoms with Gasteiger partial charge >= 0.3 is 5.97 Å². The Balaban J connectivity index is 1.90. The van der Waals surface area contributed by atoms with Crippen molar-refractivity contribution in [1.82, 2.24) is 0 Å². The maximum atomic E-state index is 11.9. The maximum Gasteiger partial charge on any atom is 0.331 e. The summed E-state index contributed by atoms with van der Waals surface area (Å²) in [5.41, 5.74) is 3.03. The number of benzene rings is 2. The minimum Gasteiger partial charge on any atom is -0.452 e. The van der Waals surface area contributed by atoms with Crippen LogP contribution in [0.4, 0.5) is 5.69 Å². The first-order valence-electron chi connectivity index (χ1n) is 7.53. The molecule has 0 spiro atoms. The lowest BCUT2D eigenvalue weighted by atomic mass is 10.1. The molecule has 2 rings (SSSR count). The number of nitrogens with one attached hydrogen (secondary N) is 1. The normalized spacial score (nSPS) is 10.7. The molecule has 0 atom stereocenters. The number of hydrogen-bond acceptors (Lipinski definition) is 3. The van der Waals surface area contributed by atoms with Gasteiger partial charge < -0.3 is 10.1 Å². The Bertz CT molecular complexity index is 808. The first-order valence-corrected chi connectivity index (χ1v) is 8.28. The van der Waals surface area contributed by atoms with E-state index in [1.165, 1.54) is 12.2 Å². The smallest absolute Gasteiger partial charge is 0.331 e. The minimum absolute atomic E-state index is 0.407. The molecule has 0 saturated heterocycles. The van der Waals surface area contributed by atoms with Gasteiger partial charge in [0, 0.05) is 11.1 Å². The summed E-state index contributed by atoms with van der Waals surface area (Å²) in [6.07, 6.45) is 2.75. The van der Waals surface area contributed by atoms with E-state index in [1.54, 1.807) is 30.3 Å². The molecule has 1 N–H and O–H groups in total. The zero-order valence-corrected chi connectivity index (χ0v) is 15.3. The summed E-state index contributed by atoms with van der Waals surface area (Å²) in [6.45, 7) is 3.35. The number of hydrogen-bond donors (Lipinski definition) is 1. The standard InChI is InChI=1S/C19H17Cl2NO3/c1-12-9-13(2)19(16(21)10-12)22-17(23)11-25-18(24)8-7-14-5-3-4-6-15(14)20/h3-10H,11H2,1-2H3,(H,22,23)/b8-7+. The Kier molecular flexibility index (Phi) is 6.62. The van der Waals surface area contributed by atoms with Gasteiger partial charge in [0.05, 0.1) is 10.7 Å². The first kappa shape index (κ1) is 19.0. The van der Waals surface area contributed by atoms with Crippen molar-refractivity contribution < 1.29 is 14.3 Å². The van der Waals surface area contributed by atoms with Crippen LogP contribution in [0.25, 0.3) is 6.08 Å². The van der Waals surface area contributed by atoms with Crippen molar-refractivity contribution >= 4 is 46.8 Å². The number of ether oxygens (including phenoxy) is 1. The molecule has 6 heteroatoms. The Morgan fingerprint density at radius 3 is 2.52 bits per heavy atom. The molecule has 0 aliphatic carbocycles. The van der Waals surface area contributed by atoms with Crippen molar-refractivity contribution in [2.75, 3.05) is 11.9 Å². The van der Waals surface area contributed by atoms with Crippen LogP contribution in [0.1, 0.15) is 16.7 Å². The van der Waals surface area contributed by atoms with Gasteiger partial charge in [-0.25, -0.2) is 4.79 Å². The fourth-order valence-corrected chi connectivity index (χ4v) is 2.77. The molecule has 1 amide bonds. The molecule has 0 aliphatic heterocycles. The molecule has 0 aliphatic rings. The van der Waals surface area contributed by atoms with E-state index in [4.69, 9.17) is 27.9 Å². The van der Waals surface area contributed by atoms with Crippen LogP contribution in [-0.2, 0) is 14.3 Å². The zero-order valence-electron chi connectivity index (χ0n) is 13.8. The van der Waals surface area contributed by atoms with Crippen molar-refractivity contribution in [2.45, 2.75) is 13.8 Å². The average molecular weight is 378 g/mol. The second kappa shape index (κ2) is 8.70. The third-order valence-corrected chi connectivity index (χ3v) is 3.99. The molecule has 4 nitrogen and oxygen atoms in total. The van der Waals surface area contributed by atoms with Gasteiger partial charge in [0.2, 0.25) is 0 Å². The van der Waals surface area contributed by atoms with E-state index in [9.17, 15) is 9.59 Å². The molecular weight excluding hydrogens is 361 g/mol. The fourth-order valence-electron chi connectivity index (χ4n) is 2.20. The van der Waals surface area contributed by atoms with Gasteiger partial charge in [-0.1, -0.05) is 47.5 Å². The predicted molar refractivity (Wildman–Crippen MR) is 101 cm³/mol. The van der Waals surface area contributed by atoms with Crippen LogP contribution >= 0.6 is 23.2 Å². The van der Waals surface area contributed by atoms with E-state index in [0.29, 0.717) is 21.3 Å². The third kappa shape index (κ3) is 5.62. The van der Waals surface area contributed by atoms with Crippen molar-refractivity contribution in [3.8, 4) is 0 Å². The van der Waals surface area contributed by atoms with Crippen molar-refractivity contribution in [3.63, 3.8) is 0 Å². The summed E-state index contributed by atoms with van der Waals surface area (Å²) in [5, 5.41) is 3.61. The lowest BCUT2D eigenvalue weighted by molar-refractivity contribution is -0.142. The molecule has 0 unspecified atom stereocenters. The Morgan fingerprint density at radius 1 is 1.12 bits per heavy atom. The number of carbonyl (C=O) groups is 2. The third-order valence-electron chi connectivity index (χ3n) is 3.35. The van der Waals surface area contributed by atoms with E-state index in [2.05, 4.69) is 5.32 Å². The summed E-state index contributed by atoms with van der Waals surface area (Å²) in [4.78, 5) is 23.6. The molecule has 0 aromatic heterocycles. The molecule has 0 bridgehead atoms. The second-order valence-corrected chi connectivity index (χ2v) is 6.26. The summed E-state index contributed by atoms with van der Waals surface area (Å²) in [5.74, 6) is -1.10. The number of amides is 1. The SMILES string of the molecule is Cc1cc(C)c(NC(=O)COC(=O)/C=C/c2ccccc2Cl)c(Cl)c1. The lowest BCUT2D eigenvalue weighted by Crippen LogP contribution is -2.20. The maximum absolute atomic E-state index is 11.9. The van der Waals surface area contributed by atoms with Crippen LogP contribution in [0, 0.1) is 13.8 Å². The molecule has 2 aromatic carbocycles. The highest BCUT2D eigenvalue weighted by atomic mass is 35.5. The van der Waals surface area contributed by atoms with E-state index in [1.807, 2.05) is 19.9 Å². The highest BCUT2D eigenvalue weighted by Crippen LogP contribution is 2.27. The first-order chi connectivity index (χ1) is 11.9. The fraction of sp³-hybridized carbons (Fsp3) is 0.158. The molecule has 0 saturated carbocycles. The largest absolute Gasteiger partial charge is 0.452 e. The van der Waals surface area contributed by atoms with Crippen LogP contribution in [0.5, 0.6) is 0 Å². The Labute approximate surface area is 156 Å². The molecule has 0 fully saturated rings. The average Bonchev–Trinajstić information content (AvgIpc) is 2.55. The number of halogens is 2. The van der Waals surface area contributed by atoms with E-state index >= 15 is 0 Å². The van der Waals surface area contributed by atoms with E-state index in [-0.39, 0.29) is 0 Å². The van der Waals surface area contributed by atoms with Gasteiger partial charge in [-0.3, -0.25) is 4.79 Å². The topological polar surface area (TPSA) is 55.4 Å². The van der Waals surface area contributed by atoms with Crippen molar-refractivity contribution in [2.24, 2.45) is 0 Å². The minimum atomic E-state index is -0.637. The number of aryl methyl sites for hydroxylation is 2. The van der Waals surface area contributed by atoms with E-state index in [0.717, 1.165) is 11.1 Å². The van der Waals surface area contributed by atoms with Crippen LogP contribution in [0.15, 0.2) is 42.5 Å². The van der Waals surface area contributed by atoms with Gasteiger partial charge in [-0.2, -0.15) is 0 Å². The molecular formula is C19H17Cl2NO3. The lowest BCUT2D eigenvalue weighted by Gasteiger charge is -2.11. The van der Waals surface area contributed by atoms with Gasteiger partial charge in [0.1, 0.15) is 0 Å². The zero-order chi connectivity index (χ0) is 18.4. The Morgan fingerprint density at radius 2 is 1.84 bits per heavy atom. The Hall–Kier alpha value is -2.30. The number of carbonyl (C=O) groups excluding carboxylic acids is 2. The van der Waals surface area contributed by atoms with Gasteiger partial charge in [0.15, 0.2) is 6.61 Å². The summed E-state index contributed by atoms with van der Waals surface area (Å²) < 4.78 is 4.92. The van der Waals surface area contributed by atoms with Crippen molar-refractivity contribution in [3.05, 3.63) is 69.2 Å².